The molecule has 3 nitrogen and oxygen atoms in total. The highest BCUT2D eigenvalue weighted by molar-refractivity contribution is 9.10. The molecule has 0 N–H and O–H groups in total. The van der Waals surface area contributed by atoms with Crippen LogP contribution in [0.4, 0.5) is 13.2 Å². The molecule has 0 aliphatic rings. The van der Waals surface area contributed by atoms with Gasteiger partial charge in [0.15, 0.2) is 0 Å². The highest BCUT2D eigenvalue weighted by atomic mass is 79.9. The summed E-state index contributed by atoms with van der Waals surface area (Å²) in [5, 5.41) is 0.337. The second-order valence-electron chi connectivity index (χ2n) is 4.84. The molecule has 1 aromatic carbocycles. The van der Waals surface area contributed by atoms with Gasteiger partial charge < -0.3 is 0 Å². The zero-order valence-electron chi connectivity index (χ0n) is 11.0. The fourth-order valence-corrected chi connectivity index (χ4v) is 2.60. The Labute approximate surface area is 121 Å². The van der Waals surface area contributed by atoms with Crippen LogP contribution in [0.5, 0.6) is 0 Å². The molecule has 20 heavy (non-hydrogen) atoms. The Balaban J connectivity index is 3.08. The minimum absolute atomic E-state index is 0.135. The first kappa shape index (κ1) is 15.0. The smallest absolute Gasteiger partial charge is 0.294 e. The van der Waals surface area contributed by atoms with Crippen molar-refractivity contribution in [2.45, 2.75) is 25.9 Å². The van der Waals surface area contributed by atoms with E-state index < -0.39 is 17.4 Å². The molecule has 0 aliphatic carbocycles. The highest BCUT2D eigenvalue weighted by Crippen LogP contribution is 2.37. The summed E-state index contributed by atoms with van der Waals surface area (Å²) >= 11 is 3.09. The number of benzene rings is 1. The molecule has 0 spiro atoms. The number of aromatic nitrogens is 2. The normalized spacial score (nSPS) is 12.4. The van der Waals surface area contributed by atoms with Crippen LogP contribution in [0.2, 0.25) is 0 Å². The van der Waals surface area contributed by atoms with Crippen LogP contribution in [0.25, 0.3) is 10.9 Å². The van der Waals surface area contributed by atoms with Gasteiger partial charge in [-0.05, 0) is 18.1 Å². The number of hydrogen-bond donors (Lipinski definition) is 0. The van der Waals surface area contributed by atoms with Gasteiger partial charge in [-0.25, -0.2) is 4.79 Å². The first-order valence-corrected chi connectivity index (χ1v) is 6.69. The number of alkyl halides is 3. The van der Waals surface area contributed by atoms with Crippen molar-refractivity contribution in [3.05, 3.63) is 38.3 Å². The van der Waals surface area contributed by atoms with Gasteiger partial charge in [0.1, 0.15) is 0 Å². The van der Waals surface area contributed by atoms with E-state index in [-0.39, 0.29) is 11.4 Å². The lowest BCUT2D eigenvalue weighted by Crippen LogP contribution is -2.25. The molecule has 108 valence electrons. The van der Waals surface area contributed by atoms with E-state index in [1.165, 1.54) is 7.05 Å². The summed E-state index contributed by atoms with van der Waals surface area (Å²) in [7, 11) is 1.30. The number of fused-ring (bicyclic) bond motifs is 1. The van der Waals surface area contributed by atoms with Gasteiger partial charge in [-0.3, -0.25) is 4.57 Å². The van der Waals surface area contributed by atoms with Crippen LogP contribution in [0.1, 0.15) is 31.0 Å². The van der Waals surface area contributed by atoms with Crippen molar-refractivity contribution in [1.82, 2.24) is 9.55 Å². The SMILES string of the molecule is CC(C)c1nc(=O)n(C)c2c(C(F)(F)F)cc(Br)cc12. The average Bonchev–Trinajstić information content (AvgIpc) is 2.31. The van der Waals surface area contributed by atoms with Crippen molar-refractivity contribution in [1.29, 1.82) is 0 Å². The zero-order chi connectivity index (χ0) is 15.2. The van der Waals surface area contributed by atoms with Crippen LogP contribution < -0.4 is 5.69 Å². The summed E-state index contributed by atoms with van der Waals surface area (Å²) in [6, 6.07) is 2.54. The first-order chi connectivity index (χ1) is 9.12. The van der Waals surface area contributed by atoms with E-state index >= 15 is 0 Å². The van der Waals surface area contributed by atoms with E-state index in [0.717, 1.165) is 10.6 Å². The van der Waals surface area contributed by atoms with Crippen LogP contribution in [0.15, 0.2) is 21.4 Å². The van der Waals surface area contributed by atoms with Crippen LogP contribution in [-0.4, -0.2) is 9.55 Å². The number of halogens is 4. The minimum atomic E-state index is -4.54. The Bertz CT molecular complexity index is 735. The Morgan fingerprint density at radius 2 is 1.90 bits per heavy atom. The lowest BCUT2D eigenvalue weighted by Gasteiger charge is -2.17. The Kier molecular flexibility index (Phi) is 3.66. The second-order valence-corrected chi connectivity index (χ2v) is 5.76. The van der Waals surface area contributed by atoms with Gasteiger partial charge in [-0.15, -0.1) is 0 Å². The van der Waals surface area contributed by atoms with Crippen molar-refractivity contribution in [3.8, 4) is 0 Å². The molecule has 0 radical (unpaired) electrons. The maximum absolute atomic E-state index is 13.2. The van der Waals surface area contributed by atoms with Crippen LogP contribution in [0, 0.1) is 0 Å². The van der Waals surface area contributed by atoms with Crippen LogP contribution >= 0.6 is 15.9 Å². The molecule has 0 saturated carbocycles. The maximum Gasteiger partial charge on any atom is 0.418 e. The molecule has 7 heteroatoms. The van der Waals surface area contributed by atoms with Crippen molar-refractivity contribution in [2.75, 3.05) is 0 Å². The summed E-state index contributed by atoms with van der Waals surface area (Å²) in [5.41, 5.74) is -1.29. The van der Waals surface area contributed by atoms with Crippen LogP contribution in [0.3, 0.4) is 0 Å². The van der Waals surface area contributed by atoms with Gasteiger partial charge in [0.25, 0.3) is 0 Å². The lowest BCUT2D eigenvalue weighted by molar-refractivity contribution is -0.136. The molecule has 0 unspecified atom stereocenters. The van der Waals surface area contributed by atoms with E-state index in [4.69, 9.17) is 0 Å². The molecular weight excluding hydrogens is 337 g/mol. The topological polar surface area (TPSA) is 34.9 Å². The Morgan fingerprint density at radius 1 is 1.30 bits per heavy atom. The third-order valence-electron chi connectivity index (χ3n) is 3.04. The van der Waals surface area contributed by atoms with Crippen molar-refractivity contribution >= 4 is 26.8 Å². The van der Waals surface area contributed by atoms with Gasteiger partial charge in [0.2, 0.25) is 0 Å². The highest BCUT2D eigenvalue weighted by Gasteiger charge is 2.34. The zero-order valence-corrected chi connectivity index (χ0v) is 12.6. The van der Waals surface area contributed by atoms with E-state index in [1.54, 1.807) is 19.9 Å². The molecule has 1 aromatic heterocycles. The standard InChI is InChI=1S/C13H12BrF3N2O/c1-6(2)10-8-4-7(14)5-9(13(15,16)17)11(8)19(3)12(20)18-10/h4-6H,1-3H3. The van der Waals surface area contributed by atoms with Gasteiger partial charge in [0, 0.05) is 16.9 Å². The average molecular weight is 349 g/mol. The third kappa shape index (κ3) is 2.46. The molecular formula is C13H12BrF3N2O. The minimum Gasteiger partial charge on any atom is -0.294 e. The number of aryl methyl sites for hydroxylation is 1. The van der Waals surface area contributed by atoms with Crippen molar-refractivity contribution in [3.63, 3.8) is 0 Å². The first-order valence-electron chi connectivity index (χ1n) is 5.90. The second kappa shape index (κ2) is 4.87. The van der Waals surface area contributed by atoms with E-state index in [9.17, 15) is 18.0 Å². The molecule has 0 saturated heterocycles. The number of hydrogen-bond acceptors (Lipinski definition) is 2. The molecule has 2 rings (SSSR count). The summed E-state index contributed by atoms with van der Waals surface area (Å²) in [5.74, 6) is -0.151. The molecule has 0 amide bonds. The third-order valence-corrected chi connectivity index (χ3v) is 3.50. The number of nitrogens with zero attached hydrogens (tertiary/aromatic N) is 2. The molecule has 1 heterocycles. The van der Waals surface area contributed by atoms with E-state index in [0.29, 0.717) is 15.6 Å². The summed E-state index contributed by atoms with van der Waals surface area (Å²) in [6.07, 6.45) is -4.54. The fourth-order valence-electron chi connectivity index (χ4n) is 2.15. The molecule has 0 atom stereocenters. The van der Waals surface area contributed by atoms with Gasteiger partial charge in [0.05, 0.1) is 16.8 Å². The number of rotatable bonds is 1. The van der Waals surface area contributed by atoms with Crippen molar-refractivity contribution in [2.24, 2.45) is 7.05 Å². The summed E-state index contributed by atoms with van der Waals surface area (Å²) < 4.78 is 40.8. The van der Waals surface area contributed by atoms with E-state index in [1.807, 2.05) is 0 Å². The molecule has 0 fully saturated rings. The predicted molar refractivity (Wildman–Crippen MR) is 73.8 cm³/mol. The molecule has 2 aromatic rings. The Hall–Kier alpha value is -1.37. The van der Waals surface area contributed by atoms with Gasteiger partial charge in [-0.1, -0.05) is 29.8 Å². The lowest BCUT2D eigenvalue weighted by atomic mass is 10.0. The molecule has 0 aliphatic heterocycles. The fraction of sp³-hybridized carbons (Fsp3) is 0.385. The largest absolute Gasteiger partial charge is 0.418 e. The summed E-state index contributed by atoms with van der Waals surface area (Å²) in [6.45, 7) is 3.57. The van der Waals surface area contributed by atoms with Crippen LogP contribution in [-0.2, 0) is 13.2 Å². The predicted octanol–water partition coefficient (Wildman–Crippen LogP) is 3.84. The Morgan fingerprint density at radius 3 is 2.40 bits per heavy atom. The quantitative estimate of drug-likeness (QED) is 0.784. The summed E-state index contributed by atoms with van der Waals surface area (Å²) in [4.78, 5) is 15.7. The molecule has 0 bridgehead atoms. The monoisotopic (exact) mass is 348 g/mol. The van der Waals surface area contributed by atoms with Gasteiger partial charge in [-0.2, -0.15) is 18.2 Å². The van der Waals surface area contributed by atoms with Crippen molar-refractivity contribution < 1.29 is 13.2 Å². The van der Waals surface area contributed by atoms with Gasteiger partial charge >= 0.3 is 11.9 Å². The maximum atomic E-state index is 13.2. The van der Waals surface area contributed by atoms with E-state index in [2.05, 4.69) is 20.9 Å².